The number of rotatable bonds is 3. The van der Waals surface area contributed by atoms with E-state index in [-0.39, 0.29) is 0 Å². The highest BCUT2D eigenvalue weighted by molar-refractivity contribution is 7.15. The van der Waals surface area contributed by atoms with Crippen LogP contribution in [0.15, 0.2) is 0 Å². The van der Waals surface area contributed by atoms with E-state index in [0.717, 1.165) is 31.2 Å². The standard InChI is InChI=1S/C13H21N3O2S/c1-9-4-6-16(7-5-9)8-11-10(2)14-12(19-11)15-13(17)18-3/h9H,4-8H2,1-3H3,(H,14,15,17). The Bertz CT molecular complexity index is 439. The summed E-state index contributed by atoms with van der Waals surface area (Å²) < 4.78 is 4.57. The Hall–Kier alpha value is -1.14. The second-order valence-electron chi connectivity index (χ2n) is 5.10. The van der Waals surface area contributed by atoms with E-state index in [2.05, 4.69) is 26.9 Å². The molecule has 0 bridgehead atoms. The zero-order valence-electron chi connectivity index (χ0n) is 11.7. The first-order valence-corrected chi connectivity index (χ1v) is 7.43. The number of anilines is 1. The molecule has 1 aliphatic heterocycles. The lowest BCUT2D eigenvalue weighted by molar-refractivity contribution is 0.186. The summed E-state index contributed by atoms with van der Waals surface area (Å²) in [4.78, 5) is 19.2. The number of nitrogens with zero attached hydrogens (tertiary/aromatic N) is 2. The second kappa shape index (κ2) is 6.34. The van der Waals surface area contributed by atoms with Crippen LogP contribution in [-0.2, 0) is 11.3 Å². The van der Waals surface area contributed by atoms with Crippen molar-refractivity contribution in [3.05, 3.63) is 10.6 Å². The predicted molar refractivity (Wildman–Crippen MR) is 76.6 cm³/mol. The summed E-state index contributed by atoms with van der Waals surface area (Å²) in [6.07, 6.45) is 2.07. The van der Waals surface area contributed by atoms with Gasteiger partial charge in [0.25, 0.3) is 0 Å². The number of amides is 1. The number of carbonyl (C=O) groups is 1. The van der Waals surface area contributed by atoms with Crippen molar-refractivity contribution in [3.63, 3.8) is 0 Å². The van der Waals surface area contributed by atoms with Crippen LogP contribution in [0.1, 0.15) is 30.3 Å². The molecule has 0 radical (unpaired) electrons. The molecule has 1 aromatic heterocycles. The normalized spacial score (nSPS) is 17.4. The van der Waals surface area contributed by atoms with Gasteiger partial charge >= 0.3 is 6.09 Å². The van der Waals surface area contributed by atoms with Crippen LogP contribution in [0.5, 0.6) is 0 Å². The summed E-state index contributed by atoms with van der Waals surface area (Å²) >= 11 is 1.53. The quantitative estimate of drug-likeness (QED) is 0.926. The zero-order valence-corrected chi connectivity index (χ0v) is 12.5. The largest absolute Gasteiger partial charge is 0.453 e. The van der Waals surface area contributed by atoms with Crippen molar-refractivity contribution in [1.29, 1.82) is 0 Å². The van der Waals surface area contributed by atoms with Gasteiger partial charge in [0.15, 0.2) is 5.13 Å². The first-order valence-electron chi connectivity index (χ1n) is 6.62. The van der Waals surface area contributed by atoms with Crippen LogP contribution in [-0.4, -0.2) is 36.2 Å². The number of hydrogen-bond acceptors (Lipinski definition) is 5. The van der Waals surface area contributed by atoms with E-state index in [1.807, 2.05) is 6.92 Å². The van der Waals surface area contributed by atoms with Gasteiger partial charge in [-0.3, -0.25) is 10.2 Å². The Morgan fingerprint density at radius 3 is 2.84 bits per heavy atom. The van der Waals surface area contributed by atoms with Gasteiger partial charge < -0.3 is 4.74 Å². The molecular formula is C13H21N3O2S. The predicted octanol–water partition coefficient (Wildman–Crippen LogP) is 2.86. The first-order chi connectivity index (χ1) is 9.08. The summed E-state index contributed by atoms with van der Waals surface area (Å²) in [5.74, 6) is 0.843. The topological polar surface area (TPSA) is 54.5 Å². The SMILES string of the molecule is COC(=O)Nc1nc(C)c(CN2CCC(C)CC2)s1. The van der Waals surface area contributed by atoms with Crippen molar-refractivity contribution in [1.82, 2.24) is 9.88 Å². The highest BCUT2D eigenvalue weighted by Gasteiger charge is 2.18. The molecule has 0 unspecified atom stereocenters. The van der Waals surface area contributed by atoms with Crippen molar-refractivity contribution < 1.29 is 9.53 Å². The molecule has 1 saturated heterocycles. The van der Waals surface area contributed by atoms with Crippen LogP contribution in [0.3, 0.4) is 0 Å². The molecule has 0 atom stereocenters. The molecule has 6 heteroatoms. The van der Waals surface area contributed by atoms with Gasteiger partial charge in [-0.2, -0.15) is 0 Å². The highest BCUT2D eigenvalue weighted by atomic mass is 32.1. The molecule has 1 amide bonds. The highest BCUT2D eigenvalue weighted by Crippen LogP contribution is 2.26. The third-order valence-electron chi connectivity index (χ3n) is 3.53. The van der Waals surface area contributed by atoms with Crippen LogP contribution in [0.2, 0.25) is 0 Å². The fourth-order valence-electron chi connectivity index (χ4n) is 2.19. The summed E-state index contributed by atoms with van der Waals surface area (Å²) in [6.45, 7) is 7.53. The molecular weight excluding hydrogens is 262 g/mol. The number of hydrogen-bond donors (Lipinski definition) is 1. The lowest BCUT2D eigenvalue weighted by Crippen LogP contribution is -2.32. The van der Waals surface area contributed by atoms with Gasteiger partial charge in [0, 0.05) is 11.4 Å². The van der Waals surface area contributed by atoms with Gasteiger partial charge in [-0.1, -0.05) is 18.3 Å². The minimum atomic E-state index is -0.466. The number of aromatic nitrogens is 1. The number of ether oxygens (including phenoxy) is 1. The van der Waals surface area contributed by atoms with E-state index < -0.39 is 6.09 Å². The van der Waals surface area contributed by atoms with Gasteiger partial charge in [-0.25, -0.2) is 9.78 Å². The van der Waals surface area contributed by atoms with Crippen LogP contribution >= 0.6 is 11.3 Å². The molecule has 2 rings (SSSR count). The number of thiazole rings is 1. The third kappa shape index (κ3) is 3.91. The Morgan fingerprint density at radius 1 is 1.53 bits per heavy atom. The van der Waals surface area contributed by atoms with Gasteiger partial charge in [0.2, 0.25) is 0 Å². The Labute approximate surface area is 118 Å². The third-order valence-corrected chi connectivity index (χ3v) is 4.59. The van der Waals surface area contributed by atoms with E-state index in [1.165, 1.54) is 36.2 Å². The van der Waals surface area contributed by atoms with Crippen molar-refractivity contribution in [3.8, 4) is 0 Å². The lowest BCUT2D eigenvalue weighted by atomic mass is 9.99. The fraction of sp³-hybridized carbons (Fsp3) is 0.692. The number of carbonyl (C=O) groups excluding carboxylic acids is 1. The zero-order chi connectivity index (χ0) is 13.8. The fourth-order valence-corrected chi connectivity index (χ4v) is 3.18. The molecule has 2 heterocycles. The minimum absolute atomic E-state index is 0.466. The number of piperidine rings is 1. The molecule has 5 nitrogen and oxygen atoms in total. The van der Waals surface area contributed by atoms with Gasteiger partial charge in [0.1, 0.15) is 0 Å². The molecule has 1 aromatic rings. The van der Waals surface area contributed by atoms with Crippen molar-refractivity contribution >= 4 is 22.6 Å². The van der Waals surface area contributed by atoms with Crippen LogP contribution in [0, 0.1) is 12.8 Å². The van der Waals surface area contributed by atoms with Gasteiger partial charge in [0.05, 0.1) is 12.8 Å². The second-order valence-corrected chi connectivity index (χ2v) is 6.19. The monoisotopic (exact) mass is 283 g/mol. The van der Waals surface area contributed by atoms with E-state index in [4.69, 9.17) is 0 Å². The Morgan fingerprint density at radius 2 is 2.21 bits per heavy atom. The molecule has 1 fully saturated rings. The maximum Gasteiger partial charge on any atom is 0.413 e. The van der Waals surface area contributed by atoms with Crippen molar-refractivity contribution in [2.24, 2.45) is 5.92 Å². The number of nitrogens with one attached hydrogen (secondary N) is 1. The van der Waals surface area contributed by atoms with E-state index in [1.54, 1.807) is 0 Å². The molecule has 106 valence electrons. The van der Waals surface area contributed by atoms with E-state index in [9.17, 15) is 4.79 Å². The summed E-state index contributed by atoms with van der Waals surface area (Å²) in [7, 11) is 1.35. The maximum atomic E-state index is 11.2. The first kappa shape index (κ1) is 14.3. The molecule has 1 N–H and O–H groups in total. The molecule has 0 spiro atoms. The van der Waals surface area contributed by atoms with E-state index >= 15 is 0 Å². The summed E-state index contributed by atoms with van der Waals surface area (Å²) in [6, 6.07) is 0. The number of likely N-dealkylation sites (tertiary alicyclic amines) is 1. The van der Waals surface area contributed by atoms with Gasteiger partial charge in [-0.15, -0.1) is 0 Å². The maximum absolute atomic E-state index is 11.2. The number of aryl methyl sites for hydroxylation is 1. The molecule has 0 saturated carbocycles. The number of methoxy groups -OCH3 is 1. The van der Waals surface area contributed by atoms with Crippen LogP contribution < -0.4 is 5.32 Å². The Balaban J connectivity index is 1.95. The van der Waals surface area contributed by atoms with Crippen molar-refractivity contribution in [2.45, 2.75) is 33.2 Å². The molecule has 1 aliphatic rings. The van der Waals surface area contributed by atoms with Crippen molar-refractivity contribution in [2.75, 3.05) is 25.5 Å². The molecule has 19 heavy (non-hydrogen) atoms. The molecule has 0 aromatic carbocycles. The summed E-state index contributed by atoms with van der Waals surface area (Å²) in [5.41, 5.74) is 0.995. The average molecular weight is 283 g/mol. The van der Waals surface area contributed by atoms with Crippen LogP contribution in [0.25, 0.3) is 0 Å². The van der Waals surface area contributed by atoms with E-state index in [0.29, 0.717) is 5.13 Å². The summed E-state index contributed by atoms with van der Waals surface area (Å²) in [5, 5.41) is 3.24. The van der Waals surface area contributed by atoms with Gasteiger partial charge in [-0.05, 0) is 38.8 Å². The minimum Gasteiger partial charge on any atom is -0.453 e. The smallest absolute Gasteiger partial charge is 0.413 e. The lowest BCUT2D eigenvalue weighted by Gasteiger charge is -2.29. The van der Waals surface area contributed by atoms with Crippen LogP contribution in [0.4, 0.5) is 9.93 Å². The molecule has 0 aliphatic carbocycles. The average Bonchev–Trinajstić information content (AvgIpc) is 2.72. The Kier molecular flexibility index (Phi) is 4.76.